The summed E-state index contributed by atoms with van der Waals surface area (Å²) in [5.74, 6) is -0.241. The lowest BCUT2D eigenvalue weighted by Gasteiger charge is -2.31. The Labute approximate surface area is 133 Å². The highest BCUT2D eigenvalue weighted by molar-refractivity contribution is 5.94. The monoisotopic (exact) mass is 330 g/mol. The largest absolute Gasteiger partial charge is 0.416 e. The van der Waals surface area contributed by atoms with Gasteiger partial charge in [0.2, 0.25) is 0 Å². The number of hydrogen-bond donors (Lipinski definition) is 2. The van der Waals surface area contributed by atoms with Crippen LogP contribution in [0.3, 0.4) is 0 Å². The van der Waals surface area contributed by atoms with Gasteiger partial charge in [0, 0.05) is 31.8 Å². The van der Waals surface area contributed by atoms with Crippen LogP contribution in [0.4, 0.5) is 13.2 Å². The van der Waals surface area contributed by atoms with Gasteiger partial charge in [-0.1, -0.05) is 6.07 Å². The van der Waals surface area contributed by atoms with Crippen LogP contribution in [-0.4, -0.2) is 48.7 Å². The molecule has 0 aliphatic carbocycles. The number of carbonyl (C=O) groups is 1. The highest BCUT2D eigenvalue weighted by Gasteiger charge is 2.30. The molecule has 1 heterocycles. The first-order valence-corrected chi connectivity index (χ1v) is 7.69. The molecule has 2 rings (SSSR count). The molecule has 1 amide bonds. The maximum Gasteiger partial charge on any atom is 0.416 e. The van der Waals surface area contributed by atoms with Crippen molar-refractivity contribution in [1.29, 1.82) is 0 Å². The van der Waals surface area contributed by atoms with Crippen molar-refractivity contribution < 1.29 is 23.1 Å². The molecule has 1 saturated heterocycles. The van der Waals surface area contributed by atoms with Gasteiger partial charge < -0.3 is 15.3 Å². The molecule has 1 aliphatic heterocycles. The first kappa shape index (κ1) is 17.7. The lowest BCUT2D eigenvalue weighted by atomic mass is 9.99. The van der Waals surface area contributed by atoms with Gasteiger partial charge in [0.05, 0.1) is 5.56 Å². The van der Waals surface area contributed by atoms with Gasteiger partial charge in [0.25, 0.3) is 5.91 Å². The predicted molar refractivity (Wildman–Crippen MR) is 80.0 cm³/mol. The van der Waals surface area contributed by atoms with E-state index < -0.39 is 17.6 Å². The number of carbonyl (C=O) groups excluding carboxylic acids is 1. The van der Waals surface area contributed by atoms with Gasteiger partial charge in [-0.2, -0.15) is 13.2 Å². The van der Waals surface area contributed by atoms with Crippen molar-refractivity contribution in [3.8, 4) is 0 Å². The smallest absolute Gasteiger partial charge is 0.396 e. The number of halogens is 3. The van der Waals surface area contributed by atoms with Gasteiger partial charge in [-0.15, -0.1) is 0 Å². The number of likely N-dealkylation sites (tertiary alicyclic amines) is 1. The third-order valence-corrected chi connectivity index (χ3v) is 4.03. The van der Waals surface area contributed by atoms with Crippen molar-refractivity contribution in [1.82, 2.24) is 10.2 Å². The summed E-state index contributed by atoms with van der Waals surface area (Å²) in [4.78, 5) is 14.1. The number of aliphatic hydroxyl groups excluding tert-OH is 1. The summed E-state index contributed by atoms with van der Waals surface area (Å²) in [5.41, 5.74) is -0.821. The van der Waals surface area contributed by atoms with Crippen LogP contribution in [0.25, 0.3) is 0 Å². The van der Waals surface area contributed by atoms with E-state index in [0.29, 0.717) is 13.1 Å². The molecular weight excluding hydrogens is 309 g/mol. The molecule has 1 atom stereocenters. The Morgan fingerprint density at radius 1 is 1.39 bits per heavy atom. The van der Waals surface area contributed by atoms with E-state index in [1.54, 1.807) is 0 Å². The molecule has 4 nitrogen and oxygen atoms in total. The average Bonchev–Trinajstić information content (AvgIpc) is 2.54. The Balaban J connectivity index is 1.83. The molecule has 1 fully saturated rings. The van der Waals surface area contributed by atoms with Crippen molar-refractivity contribution in [2.45, 2.75) is 19.0 Å². The van der Waals surface area contributed by atoms with E-state index in [1.807, 2.05) is 0 Å². The van der Waals surface area contributed by atoms with Crippen molar-refractivity contribution in [2.24, 2.45) is 5.92 Å². The lowest BCUT2D eigenvalue weighted by Crippen LogP contribution is -2.41. The minimum absolute atomic E-state index is 0.00621. The second kappa shape index (κ2) is 7.79. The van der Waals surface area contributed by atoms with Crippen LogP contribution in [0.15, 0.2) is 24.3 Å². The second-order valence-electron chi connectivity index (χ2n) is 5.83. The van der Waals surface area contributed by atoms with E-state index in [4.69, 9.17) is 0 Å². The predicted octanol–water partition coefficient (Wildman–Crippen LogP) is 2.14. The fourth-order valence-corrected chi connectivity index (χ4v) is 2.77. The van der Waals surface area contributed by atoms with Crippen LogP contribution in [0.1, 0.15) is 28.8 Å². The van der Waals surface area contributed by atoms with Crippen molar-refractivity contribution in [2.75, 3.05) is 32.8 Å². The Morgan fingerprint density at radius 3 is 2.87 bits per heavy atom. The summed E-state index contributed by atoms with van der Waals surface area (Å²) in [6, 6.07) is 4.40. The Hall–Kier alpha value is -1.60. The summed E-state index contributed by atoms with van der Waals surface area (Å²) in [5, 5.41) is 11.8. The van der Waals surface area contributed by atoms with E-state index in [-0.39, 0.29) is 18.1 Å². The zero-order valence-electron chi connectivity index (χ0n) is 12.8. The number of hydrogen-bond acceptors (Lipinski definition) is 3. The highest BCUT2D eigenvalue weighted by Crippen LogP contribution is 2.29. The molecule has 0 aromatic heterocycles. The van der Waals surface area contributed by atoms with Crippen LogP contribution in [-0.2, 0) is 6.18 Å². The van der Waals surface area contributed by atoms with Crippen LogP contribution in [0, 0.1) is 5.92 Å². The Morgan fingerprint density at radius 2 is 2.17 bits per heavy atom. The maximum atomic E-state index is 12.6. The first-order chi connectivity index (χ1) is 10.9. The third-order valence-electron chi connectivity index (χ3n) is 4.03. The molecule has 2 N–H and O–H groups in total. The van der Waals surface area contributed by atoms with E-state index in [9.17, 15) is 23.1 Å². The number of rotatable bonds is 5. The topological polar surface area (TPSA) is 52.6 Å². The van der Waals surface area contributed by atoms with Crippen LogP contribution in [0.5, 0.6) is 0 Å². The summed E-state index contributed by atoms with van der Waals surface area (Å²) in [7, 11) is 0. The molecule has 1 aromatic rings. The summed E-state index contributed by atoms with van der Waals surface area (Å²) < 4.78 is 37.9. The normalized spacial score (nSPS) is 19.6. The standard InChI is InChI=1S/C16H21F3N2O2/c17-16(18,19)14-5-1-4-13(9-14)15(23)20-6-8-21-7-2-3-12(10-21)11-22/h1,4-5,9,12,22H,2-3,6-8,10-11H2,(H,20,23)/t12-/m0/s1. The maximum absolute atomic E-state index is 12.6. The number of benzene rings is 1. The molecule has 7 heteroatoms. The molecule has 23 heavy (non-hydrogen) atoms. The minimum Gasteiger partial charge on any atom is -0.396 e. The third kappa shape index (κ3) is 5.21. The van der Waals surface area contributed by atoms with E-state index >= 15 is 0 Å². The van der Waals surface area contributed by atoms with Crippen LogP contribution >= 0.6 is 0 Å². The number of aliphatic hydroxyl groups is 1. The fraction of sp³-hybridized carbons (Fsp3) is 0.562. The quantitative estimate of drug-likeness (QED) is 0.870. The second-order valence-corrected chi connectivity index (χ2v) is 5.83. The van der Waals surface area contributed by atoms with E-state index in [2.05, 4.69) is 10.2 Å². The van der Waals surface area contributed by atoms with Gasteiger partial charge in [-0.05, 0) is 43.5 Å². The molecule has 0 spiro atoms. The average molecular weight is 330 g/mol. The van der Waals surface area contributed by atoms with Crippen molar-refractivity contribution in [3.63, 3.8) is 0 Å². The lowest BCUT2D eigenvalue weighted by molar-refractivity contribution is -0.137. The molecule has 0 unspecified atom stereocenters. The zero-order chi connectivity index (χ0) is 16.9. The number of alkyl halides is 3. The molecule has 0 saturated carbocycles. The van der Waals surface area contributed by atoms with Crippen molar-refractivity contribution >= 4 is 5.91 Å². The van der Waals surface area contributed by atoms with Gasteiger partial charge in [0.15, 0.2) is 0 Å². The molecule has 0 radical (unpaired) electrons. The highest BCUT2D eigenvalue weighted by atomic mass is 19.4. The summed E-state index contributed by atoms with van der Waals surface area (Å²) in [6.45, 7) is 2.85. The zero-order valence-corrected chi connectivity index (χ0v) is 12.8. The molecule has 1 aliphatic rings. The molecule has 1 aromatic carbocycles. The Bertz CT molecular complexity index is 534. The van der Waals surface area contributed by atoms with Crippen LogP contribution < -0.4 is 5.32 Å². The van der Waals surface area contributed by atoms with Gasteiger partial charge >= 0.3 is 6.18 Å². The van der Waals surface area contributed by atoms with Crippen LogP contribution in [0.2, 0.25) is 0 Å². The minimum atomic E-state index is -4.45. The number of amides is 1. The molecule has 0 bridgehead atoms. The van der Waals surface area contributed by atoms with E-state index in [0.717, 1.165) is 38.1 Å². The van der Waals surface area contributed by atoms with Gasteiger partial charge in [-0.3, -0.25) is 4.79 Å². The number of nitrogens with zero attached hydrogens (tertiary/aromatic N) is 1. The number of nitrogens with one attached hydrogen (secondary N) is 1. The van der Waals surface area contributed by atoms with Gasteiger partial charge in [-0.25, -0.2) is 0 Å². The fourth-order valence-electron chi connectivity index (χ4n) is 2.77. The van der Waals surface area contributed by atoms with E-state index in [1.165, 1.54) is 12.1 Å². The summed E-state index contributed by atoms with van der Waals surface area (Å²) in [6.07, 6.45) is -2.44. The molecular formula is C16H21F3N2O2. The molecule has 128 valence electrons. The first-order valence-electron chi connectivity index (χ1n) is 7.69. The number of piperidine rings is 1. The van der Waals surface area contributed by atoms with Gasteiger partial charge in [0.1, 0.15) is 0 Å². The van der Waals surface area contributed by atoms with Crippen molar-refractivity contribution in [3.05, 3.63) is 35.4 Å². The Kier molecular flexibility index (Phi) is 6.01. The SMILES string of the molecule is O=C(NCCN1CCC[C@H](CO)C1)c1cccc(C(F)(F)F)c1. The summed E-state index contributed by atoms with van der Waals surface area (Å²) >= 11 is 0.